The van der Waals surface area contributed by atoms with Gasteiger partial charge in [-0.25, -0.2) is 17.5 Å². The summed E-state index contributed by atoms with van der Waals surface area (Å²) in [7, 11) is -3.87. The number of aliphatic hydroxyl groups excluding tert-OH is 1. The number of sulfonamides is 1. The molecule has 8 heteroatoms. The van der Waals surface area contributed by atoms with E-state index in [1.54, 1.807) is 13.0 Å². The Morgan fingerprint density at radius 2 is 2.20 bits per heavy atom. The van der Waals surface area contributed by atoms with Crippen LogP contribution in [-0.2, 0) is 23.2 Å². The number of aryl methyl sites for hydroxylation is 1. The number of nitrogens with one attached hydrogen (secondary N) is 2. The topological polar surface area (TPSA) is 95.1 Å². The van der Waals surface area contributed by atoms with Crippen LogP contribution in [0.15, 0.2) is 29.3 Å². The highest BCUT2D eigenvalue weighted by atomic mass is 32.2. The maximum atomic E-state index is 13.0. The molecule has 0 aliphatic rings. The molecule has 1 aromatic heterocycles. The van der Waals surface area contributed by atoms with Gasteiger partial charge in [-0.15, -0.1) is 0 Å². The van der Waals surface area contributed by atoms with Crippen molar-refractivity contribution in [1.29, 1.82) is 0 Å². The molecule has 0 unspecified atom stereocenters. The largest absolute Gasteiger partial charge is 0.392 e. The van der Waals surface area contributed by atoms with Crippen LogP contribution in [-0.4, -0.2) is 23.7 Å². The summed E-state index contributed by atoms with van der Waals surface area (Å²) in [6, 6.07) is 5.62. The molecule has 1 aromatic carbocycles. The zero-order valence-electron chi connectivity index (χ0n) is 10.7. The number of aromatic nitrogens is 2. The first kappa shape index (κ1) is 14.6. The Morgan fingerprint density at radius 3 is 2.85 bits per heavy atom. The van der Waals surface area contributed by atoms with Gasteiger partial charge in [-0.05, 0) is 24.6 Å². The van der Waals surface area contributed by atoms with E-state index in [0.29, 0.717) is 11.3 Å². The van der Waals surface area contributed by atoms with Gasteiger partial charge in [-0.2, -0.15) is 5.10 Å². The molecule has 6 nitrogen and oxygen atoms in total. The predicted molar refractivity (Wildman–Crippen MR) is 69.7 cm³/mol. The van der Waals surface area contributed by atoms with Crippen molar-refractivity contribution in [1.82, 2.24) is 14.9 Å². The molecular formula is C12H14FN3O3S. The van der Waals surface area contributed by atoms with Gasteiger partial charge in [0.1, 0.15) is 5.82 Å². The van der Waals surface area contributed by atoms with E-state index in [4.69, 9.17) is 0 Å². The molecule has 0 saturated carbocycles. The lowest BCUT2D eigenvalue weighted by molar-refractivity contribution is 0.277. The second-order valence-electron chi connectivity index (χ2n) is 4.24. The van der Waals surface area contributed by atoms with Crippen molar-refractivity contribution < 1.29 is 17.9 Å². The average molecular weight is 299 g/mol. The molecule has 0 atom stereocenters. The zero-order valence-corrected chi connectivity index (χ0v) is 11.5. The van der Waals surface area contributed by atoms with E-state index in [0.717, 1.165) is 0 Å². The maximum Gasteiger partial charge on any atom is 0.260 e. The van der Waals surface area contributed by atoms with Gasteiger partial charge in [0.15, 0.2) is 5.03 Å². The number of rotatable bonds is 5. The summed E-state index contributed by atoms with van der Waals surface area (Å²) in [4.78, 5) is 0. The molecule has 0 spiro atoms. The van der Waals surface area contributed by atoms with E-state index >= 15 is 0 Å². The SMILES string of the molecule is Cc1[nH]nc(S(=O)(=O)NCc2cccc(F)c2)c1CO. The first-order valence-corrected chi connectivity index (χ1v) is 7.31. The monoisotopic (exact) mass is 299 g/mol. The smallest absolute Gasteiger partial charge is 0.260 e. The van der Waals surface area contributed by atoms with Gasteiger partial charge in [-0.3, -0.25) is 5.10 Å². The molecule has 108 valence electrons. The van der Waals surface area contributed by atoms with E-state index in [1.165, 1.54) is 18.2 Å². The number of benzene rings is 1. The molecule has 0 bridgehead atoms. The minimum absolute atomic E-state index is 0.0587. The zero-order chi connectivity index (χ0) is 14.8. The van der Waals surface area contributed by atoms with Crippen molar-refractivity contribution >= 4 is 10.0 Å². The third-order valence-electron chi connectivity index (χ3n) is 2.80. The van der Waals surface area contributed by atoms with Crippen LogP contribution in [0.3, 0.4) is 0 Å². The Morgan fingerprint density at radius 1 is 1.45 bits per heavy atom. The third kappa shape index (κ3) is 3.03. The molecule has 20 heavy (non-hydrogen) atoms. The van der Waals surface area contributed by atoms with Crippen molar-refractivity contribution in [2.75, 3.05) is 0 Å². The van der Waals surface area contributed by atoms with Crippen LogP contribution in [0.2, 0.25) is 0 Å². The van der Waals surface area contributed by atoms with Gasteiger partial charge in [0.25, 0.3) is 10.0 Å². The van der Waals surface area contributed by atoms with Gasteiger partial charge in [-0.1, -0.05) is 12.1 Å². The molecule has 1 heterocycles. The van der Waals surface area contributed by atoms with Gasteiger partial charge in [0.05, 0.1) is 6.61 Å². The van der Waals surface area contributed by atoms with Crippen molar-refractivity contribution in [3.05, 3.63) is 46.9 Å². The fourth-order valence-electron chi connectivity index (χ4n) is 1.73. The number of nitrogens with zero attached hydrogens (tertiary/aromatic N) is 1. The standard InChI is InChI=1S/C12H14FN3O3S/c1-8-11(7-17)12(16-15-8)20(18,19)14-6-9-3-2-4-10(13)5-9/h2-5,14,17H,6-7H2,1H3,(H,15,16). The summed E-state index contributed by atoms with van der Waals surface area (Å²) in [5.74, 6) is -0.437. The van der Waals surface area contributed by atoms with E-state index in [2.05, 4.69) is 14.9 Å². The predicted octanol–water partition coefficient (Wildman–Crippen LogP) is 0.828. The van der Waals surface area contributed by atoms with Gasteiger partial charge < -0.3 is 5.11 Å². The Bertz CT molecular complexity index is 712. The lowest BCUT2D eigenvalue weighted by atomic mass is 10.2. The van der Waals surface area contributed by atoms with Crippen LogP contribution < -0.4 is 4.72 Å². The number of hydrogen-bond acceptors (Lipinski definition) is 4. The van der Waals surface area contributed by atoms with Crippen LogP contribution >= 0.6 is 0 Å². The van der Waals surface area contributed by atoms with Crippen LogP contribution in [0.5, 0.6) is 0 Å². The normalized spacial score (nSPS) is 11.8. The number of hydrogen-bond donors (Lipinski definition) is 3. The van der Waals surface area contributed by atoms with Crippen molar-refractivity contribution in [2.45, 2.75) is 25.1 Å². The molecule has 0 saturated heterocycles. The van der Waals surface area contributed by atoms with Crippen LogP contribution in [0.1, 0.15) is 16.8 Å². The Balaban J connectivity index is 2.19. The number of H-pyrrole nitrogens is 1. The summed E-state index contributed by atoms with van der Waals surface area (Å²) >= 11 is 0. The summed E-state index contributed by atoms with van der Waals surface area (Å²) in [5, 5.41) is 15.1. The quantitative estimate of drug-likeness (QED) is 0.762. The summed E-state index contributed by atoms with van der Waals surface area (Å²) in [6.45, 7) is 1.12. The van der Waals surface area contributed by atoms with Gasteiger partial charge in [0, 0.05) is 17.8 Å². The Hall–Kier alpha value is -1.77. The molecule has 0 amide bonds. The molecule has 0 aliphatic heterocycles. The second-order valence-corrected chi connectivity index (χ2v) is 5.93. The minimum atomic E-state index is -3.87. The molecular weight excluding hydrogens is 285 g/mol. The molecule has 3 N–H and O–H groups in total. The van der Waals surface area contributed by atoms with E-state index in [9.17, 15) is 17.9 Å². The number of aromatic amines is 1. The molecule has 0 fully saturated rings. The molecule has 0 radical (unpaired) electrons. The fourth-order valence-corrected chi connectivity index (χ4v) is 2.93. The van der Waals surface area contributed by atoms with Crippen LogP contribution in [0.4, 0.5) is 4.39 Å². The maximum absolute atomic E-state index is 13.0. The number of aliphatic hydroxyl groups is 1. The van der Waals surface area contributed by atoms with Gasteiger partial charge >= 0.3 is 0 Å². The van der Waals surface area contributed by atoms with E-state index in [1.807, 2.05) is 0 Å². The minimum Gasteiger partial charge on any atom is -0.392 e. The molecule has 0 aliphatic carbocycles. The fraction of sp³-hybridized carbons (Fsp3) is 0.250. The van der Waals surface area contributed by atoms with Crippen molar-refractivity contribution in [3.63, 3.8) is 0 Å². The van der Waals surface area contributed by atoms with Crippen LogP contribution in [0.25, 0.3) is 0 Å². The first-order chi connectivity index (χ1) is 9.44. The first-order valence-electron chi connectivity index (χ1n) is 5.83. The Kier molecular flexibility index (Phi) is 4.17. The lowest BCUT2D eigenvalue weighted by Gasteiger charge is -2.06. The highest BCUT2D eigenvalue weighted by Gasteiger charge is 2.23. The van der Waals surface area contributed by atoms with E-state index < -0.39 is 22.4 Å². The molecule has 2 rings (SSSR count). The summed E-state index contributed by atoms with van der Waals surface area (Å²) in [6.07, 6.45) is 0. The van der Waals surface area contributed by atoms with E-state index in [-0.39, 0.29) is 17.1 Å². The van der Waals surface area contributed by atoms with Crippen molar-refractivity contribution in [2.24, 2.45) is 0 Å². The van der Waals surface area contributed by atoms with Crippen molar-refractivity contribution in [3.8, 4) is 0 Å². The third-order valence-corrected chi connectivity index (χ3v) is 4.18. The highest BCUT2D eigenvalue weighted by molar-refractivity contribution is 7.89. The molecule has 2 aromatic rings. The van der Waals surface area contributed by atoms with Gasteiger partial charge in [0.2, 0.25) is 0 Å². The summed E-state index contributed by atoms with van der Waals surface area (Å²) < 4.78 is 39.5. The summed E-state index contributed by atoms with van der Waals surface area (Å²) in [5.41, 5.74) is 1.20. The van der Waals surface area contributed by atoms with Crippen LogP contribution in [0, 0.1) is 12.7 Å². The average Bonchev–Trinajstić information content (AvgIpc) is 2.78. The Labute approximate surface area is 115 Å². The number of halogens is 1. The highest BCUT2D eigenvalue weighted by Crippen LogP contribution is 2.16. The lowest BCUT2D eigenvalue weighted by Crippen LogP contribution is -2.24. The second kappa shape index (κ2) is 5.70.